The summed E-state index contributed by atoms with van der Waals surface area (Å²) in [5.41, 5.74) is 7.37. The van der Waals surface area contributed by atoms with E-state index in [-0.39, 0.29) is 0 Å². The number of benzene rings is 4. The fourth-order valence-electron chi connectivity index (χ4n) is 5.52. The zero-order valence-corrected chi connectivity index (χ0v) is 17.2. The van der Waals surface area contributed by atoms with Crippen LogP contribution in [0.4, 0.5) is 0 Å². The largest absolute Gasteiger partial charge is 0.302 e. The molecule has 3 aromatic heterocycles. The molecular weight excluding hydrogens is 366 g/mol. The van der Waals surface area contributed by atoms with Crippen molar-refractivity contribution >= 4 is 59.9 Å². The highest BCUT2D eigenvalue weighted by molar-refractivity contribution is 6.30. The Balaban J connectivity index is 2.01. The number of hydrogen-bond donors (Lipinski definition) is 0. The number of pyridine rings is 1. The Morgan fingerprint density at radius 2 is 1.37 bits per heavy atom. The van der Waals surface area contributed by atoms with E-state index in [1.54, 1.807) is 0 Å². The van der Waals surface area contributed by atoms with Crippen LogP contribution in [0.1, 0.15) is 11.4 Å². The molecule has 30 heavy (non-hydrogen) atoms. The summed E-state index contributed by atoms with van der Waals surface area (Å²) in [5, 5.41) is 7.85. The van der Waals surface area contributed by atoms with Crippen LogP contribution in [-0.2, 0) is 7.05 Å². The molecule has 7 rings (SSSR count). The average Bonchev–Trinajstić information content (AvgIpc) is 3.10. The number of rotatable bonds is 0. The van der Waals surface area contributed by atoms with Crippen molar-refractivity contribution in [1.29, 1.82) is 0 Å². The summed E-state index contributed by atoms with van der Waals surface area (Å²) in [6.07, 6.45) is 0. The SMILES string of the molecule is Cc1c2ccccc2c2cccc3c2c1c1c2c(nc(C)[n+]1C)c1ccccc1n32. The van der Waals surface area contributed by atoms with Gasteiger partial charge >= 0.3 is 0 Å². The standard InChI is InChI=1S/C27H20N3/c1-15-17-9-4-5-10-18(17)19-12-8-14-22-24(19)23(15)26-27-25(28-16(2)29(26)3)20-11-6-7-13-21(20)30(22)27/h4-14H,1-3H3/q+1. The molecule has 0 bridgehead atoms. The van der Waals surface area contributed by atoms with E-state index in [2.05, 4.69) is 96.6 Å². The lowest BCUT2D eigenvalue weighted by atomic mass is 9.92. The molecule has 0 saturated carbocycles. The van der Waals surface area contributed by atoms with Gasteiger partial charge in [0.2, 0.25) is 5.52 Å². The van der Waals surface area contributed by atoms with Gasteiger partial charge in [0.1, 0.15) is 5.52 Å². The van der Waals surface area contributed by atoms with Gasteiger partial charge in [0.15, 0.2) is 5.52 Å². The Labute approximate surface area is 173 Å². The fraction of sp³-hybridized carbons (Fsp3) is 0.111. The highest BCUT2D eigenvalue weighted by Gasteiger charge is 2.27. The first kappa shape index (κ1) is 16.1. The second kappa shape index (κ2) is 5.25. The first-order chi connectivity index (χ1) is 14.7. The van der Waals surface area contributed by atoms with Gasteiger partial charge in [-0.15, -0.1) is 0 Å². The van der Waals surface area contributed by atoms with Crippen LogP contribution in [0, 0.1) is 13.8 Å². The summed E-state index contributed by atoms with van der Waals surface area (Å²) in [6, 6.07) is 24.2. The number of aryl methyl sites for hydroxylation is 3. The van der Waals surface area contributed by atoms with Crippen molar-refractivity contribution in [2.75, 3.05) is 0 Å². The summed E-state index contributed by atoms with van der Waals surface area (Å²) < 4.78 is 4.69. The van der Waals surface area contributed by atoms with E-state index in [0.29, 0.717) is 0 Å². The predicted molar refractivity (Wildman–Crippen MR) is 125 cm³/mol. The third kappa shape index (κ3) is 1.69. The van der Waals surface area contributed by atoms with Crippen LogP contribution in [0.25, 0.3) is 59.9 Å². The number of para-hydroxylation sites is 1. The summed E-state index contributed by atoms with van der Waals surface area (Å²) in [6.45, 7) is 4.38. The van der Waals surface area contributed by atoms with Crippen LogP contribution < -0.4 is 4.57 Å². The molecular formula is C27H20N3+. The highest BCUT2D eigenvalue weighted by atomic mass is 15.1. The van der Waals surface area contributed by atoms with Gasteiger partial charge in [-0.25, -0.2) is 4.57 Å². The van der Waals surface area contributed by atoms with E-state index in [9.17, 15) is 0 Å². The highest BCUT2D eigenvalue weighted by Crippen LogP contribution is 2.42. The van der Waals surface area contributed by atoms with E-state index in [1.807, 2.05) is 0 Å². The van der Waals surface area contributed by atoms with E-state index in [4.69, 9.17) is 4.98 Å². The van der Waals surface area contributed by atoms with Gasteiger partial charge in [0.25, 0.3) is 5.82 Å². The molecule has 0 amide bonds. The second-order valence-electron chi connectivity index (χ2n) is 8.36. The third-order valence-corrected chi connectivity index (χ3v) is 6.93. The number of fused-ring (bicyclic) bond motifs is 7. The lowest BCUT2D eigenvalue weighted by Gasteiger charge is -2.17. The fourth-order valence-corrected chi connectivity index (χ4v) is 5.52. The minimum absolute atomic E-state index is 1.03. The van der Waals surface area contributed by atoms with Crippen LogP contribution in [0.2, 0.25) is 0 Å². The van der Waals surface area contributed by atoms with Crippen LogP contribution in [-0.4, -0.2) is 9.38 Å². The van der Waals surface area contributed by atoms with E-state index in [1.165, 1.54) is 59.9 Å². The Kier molecular flexibility index (Phi) is 2.82. The van der Waals surface area contributed by atoms with Crippen LogP contribution in [0.3, 0.4) is 0 Å². The Hall–Kier alpha value is -3.72. The number of aromatic nitrogens is 3. The molecule has 0 aliphatic heterocycles. The van der Waals surface area contributed by atoms with Gasteiger partial charge in [-0.05, 0) is 51.8 Å². The molecule has 0 unspecified atom stereocenters. The van der Waals surface area contributed by atoms with Crippen molar-refractivity contribution < 1.29 is 4.57 Å². The Morgan fingerprint density at radius 1 is 0.700 bits per heavy atom. The van der Waals surface area contributed by atoms with Crippen molar-refractivity contribution in [3.05, 3.63) is 78.1 Å². The third-order valence-electron chi connectivity index (χ3n) is 6.93. The molecule has 3 heterocycles. The Morgan fingerprint density at radius 3 is 2.20 bits per heavy atom. The molecule has 3 nitrogen and oxygen atoms in total. The van der Waals surface area contributed by atoms with Crippen molar-refractivity contribution in [1.82, 2.24) is 9.38 Å². The average molecular weight is 386 g/mol. The first-order valence-corrected chi connectivity index (χ1v) is 10.4. The molecule has 0 spiro atoms. The van der Waals surface area contributed by atoms with Crippen LogP contribution in [0.5, 0.6) is 0 Å². The van der Waals surface area contributed by atoms with Gasteiger partial charge in [0, 0.05) is 17.7 Å². The van der Waals surface area contributed by atoms with Crippen molar-refractivity contribution in [2.45, 2.75) is 13.8 Å². The molecule has 4 aromatic carbocycles. The molecule has 142 valence electrons. The normalized spacial score (nSPS) is 12.5. The molecule has 0 atom stereocenters. The van der Waals surface area contributed by atoms with Gasteiger partial charge in [-0.3, -0.25) is 0 Å². The molecule has 3 heteroatoms. The maximum atomic E-state index is 5.04. The first-order valence-electron chi connectivity index (χ1n) is 10.4. The van der Waals surface area contributed by atoms with Crippen LogP contribution in [0.15, 0.2) is 66.7 Å². The lowest BCUT2D eigenvalue weighted by molar-refractivity contribution is -0.653. The topological polar surface area (TPSA) is 21.2 Å². The van der Waals surface area contributed by atoms with E-state index >= 15 is 0 Å². The van der Waals surface area contributed by atoms with E-state index in [0.717, 1.165) is 11.3 Å². The van der Waals surface area contributed by atoms with Gasteiger partial charge in [0.05, 0.1) is 23.5 Å². The monoisotopic (exact) mass is 386 g/mol. The Bertz CT molecular complexity index is 1820. The van der Waals surface area contributed by atoms with Crippen molar-refractivity contribution in [2.24, 2.45) is 7.05 Å². The van der Waals surface area contributed by atoms with E-state index < -0.39 is 0 Å². The summed E-state index contributed by atoms with van der Waals surface area (Å²) in [5.74, 6) is 1.03. The molecule has 0 fully saturated rings. The zero-order chi connectivity index (χ0) is 20.1. The number of hydrogen-bond acceptors (Lipinski definition) is 1. The smallest absolute Gasteiger partial charge is 0.296 e. The molecule has 0 saturated heterocycles. The lowest BCUT2D eigenvalue weighted by Crippen LogP contribution is -2.34. The predicted octanol–water partition coefficient (Wildman–Crippen LogP) is 5.98. The van der Waals surface area contributed by atoms with Crippen LogP contribution >= 0.6 is 0 Å². The summed E-state index contributed by atoms with van der Waals surface area (Å²) in [7, 11) is 2.15. The van der Waals surface area contributed by atoms with Gasteiger partial charge in [-0.2, -0.15) is 0 Å². The summed E-state index contributed by atoms with van der Waals surface area (Å²) >= 11 is 0. The quantitative estimate of drug-likeness (QED) is 0.178. The molecule has 0 N–H and O–H groups in total. The maximum Gasteiger partial charge on any atom is 0.296 e. The zero-order valence-electron chi connectivity index (χ0n) is 17.2. The molecule has 0 radical (unpaired) electrons. The molecule has 0 aliphatic carbocycles. The summed E-state index contributed by atoms with van der Waals surface area (Å²) in [4.78, 5) is 5.04. The van der Waals surface area contributed by atoms with Crippen molar-refractivity contribution in [3.63, 3.8) is 0 Å². The minimum Gasteiger partial charge on any atom is -0.302 e. The minimum atomic E-state index is 1.03. The number of nitrogens with zero attached hydrogens (tertiary/aromatic N) is 3. The van der Waals surface area contributed by atoms with Gasteiger partial charge < -0.3 is 4.40 Å². The molecule has 0 aliphatic rings. The maximum absolute atomic E-state index is 5.04. The van der Waals surface area contributed by atoms with Gasteiger partial charge in [-0.1, -0.05) is 48.5 Å². The second-order valence-corrected chi connectivity index (χ2v) is 8.36. The van der Waals surface area contributed by atoms with Crippen molar-refractivity contribution in [3.8, 4) is 0 Å². The molecule has 7 aromatic rings.